The van der Waals surface area contributed by atoms with Crippen LogP contribution in [0.4, 0.5) is 5.82 Å². The molecule has 0 fully saturated rings. The molecule has 70 valence electrons. The van der Waals surface area contributed by atoms with Crippen molar-refractivity contribution in [1.29, 1.82) is 0 Å². The lowest BCUT2D eigenvalue weighted by Crippen LogP contribution is -2.09. The molecule has 0 aliphatic rings. The van der Waals surface area contributed by atoms with Crippen LogP contribution in [0.15, 0.2) is 24.5 Å². The van der Waals surface area contributed by atoms with Crippen LogP contribution in [-0.2, 0) is 0 Å². The highest BCUT2D eigenvalue weighted by atomic mass is 16.5. The van der Waals surface area contributed by atoms with Gasteiger partial charge < -0.3 is 10.2 Å². The molecule has 0 aliphatic heterocycles. The molecule has 5 heteroatoms. The summed E-state index contributed by atoms with van der Waals surface area (Å²) in [7, 11) is 0. The summed E-state index contributed by atoms with van der Waals surface area (Å²) in [5, 5.41) is 0. The quantitative estimate of drug-likeness (QED) is 0.405. The Labute approximate surface area is 76.6 Å². The lowest BCUT2D eigenvalue weighted by molar-refractivity contribution is 0.347. The first kappa shape index (κ1) is 9.47. The van der Waals surface area contributed by atoms with Crippen LogP contribution >= 0.6 is 0 Å². The van der Waals surface area contributed by atoms with Crippen molar-refractivity contribution in [2.75, 3.05) is 12.0 Å². The predicted octanol–water partition coefficient (Wildman–Crippen LogP) is 0.717. The van der Waals surface area contributed by atoms with E-state index in [1.807, 2.05) is 19.1 Å². The molecule has 0 amide bonds. The Morgan fingerprint density at radius 2 is 2.46 bits per heavy atom. The van der Waals surface area contributed by atoms with E-state index in [0.29, 0.717) is 18.3 Å². The van der Waals surface area contributed by atoms with E-state index in [9.17, 15) is 0 Å². The van der Waals surface area contributed by atoms with Crippen molar-refractivity contribution < 1.29 is 4.74 Å². The molecule has 1 rings (SSSR count). The van der Waals surface area contributed by atoms with E-state index in [1.54, 1.807) is 6.07 Å². The summed E-state index contributed by atoms with van der Waals surface area (Å²) in [4.78, 5) is 7.74. The summed E-state index contributed by atoms with van der Waals surface area (Å²) >= 11 is 0. The molecule has 5 nitrogen and oxygen atoms in total. The van der Waals surface area contributed by atoms with Gasteiger partial charge in [0.05, 0.1) is 0 Å². The van der Waals surface area contributed by atoms with E-state index in [-0.39, 0.29) is 0 Å². The molecule has 3 N–H and O–H groups in total. The average Bonchev–Trinajstić information content (AvgIpc) is 2.19. The van der Waals surface area contributed by atoms with Crippen LogP contribution in [0.25, 0.3) is 0 Å². The molecular formula is C8H12N4O. The molecule has 0 atom stereocenters. The number of ether oxygens (including phenoxy) is 1. The molecule has 0 saturated heterocycles. The standard InChI is InChI=1S/C8H12N4O/c1-2-3-4-13-8-5-7(12-9)10-6-11-8/h2-3,5-6H,4,9H2,1H3,(H,10,11,12)/b3-2+. The third-order valence-electron chi connectivity index (χ3n) is 1.35. The van der Waals surface area contributed by atoms with Gasteiger partial charge in [0, 0.05) is 6.07 Å². The van der Waals surface area contributed by atoms with Crippen LogP contribution in [-0.4, -0.2) is 16.6 Å². The number of hydrogen-bond donors (Lipinski definition) is 2. The normalized spacial score (nSPS) is 10.3. The molecule has 0 aromatic carbocycles. The summed E-state index contributed by atoms with van der Waals surface area (Å²) in [6.07, 6.45) is 5.18. The number of aromatic nitrogens is 2. The third kappa shape index (κ3) is 3.08. The fourth-order valence-corrected chi connectivity index (χ4v) is 0.727. The molecule has 13 heavy (non-hydrogen) atoms. The van der Waals surface area contributed by atoms with Crippen molar-refractivity contribution in [3.63, 3.8) is 0 Å². The van der Waals surface area contributed by atoms with E-state index in [0.717, 1.165) is 0 Å². The Balaban J connectivity index is 2.56. The molecule has 0 saturated carbocycles. The number of nitrogen functional groups attached to an aromatic ring is 1. The van der Waals surface area contributed by atoms with Gasteiger partial charge in [-0.2, -0.15) is 0 Å². The topological polar surface area (TPSA) is 73.1 Å². The van der Waals surface area contributed by atoms with Crippen molar-refractivity contribution in [2.45, 2.75) is 6.92 Å². The molecule has 0 spiro atoms. The number of allylic oxidation sites excluding steroid dienone is 1. The molecular weight excluding hydrogens is 168 g/mol. The van der Waals surface area contributed by atoms with Gasteiger partial charge in [-0.1, -0.05) is 12.2 Å². The molecule has 0 unspecified atom stereocenters. The predicted molar refractivity (Wildman–Crippen MR) is 50.2 cm³/mol. The maximum Gasteiger partial charge on any atom is 0.218 e. The zero-order chi connectivity index (χ0) is 9.52. The lowest BCUT2D eigenvalue weighted by Gasteiger charge is -2.02. The van der Waals surface area contributed by atoms with E-state index in [1.165, 1.54) is 6.33 Å². The maximum absolute atomic E-state index is 5.26. The number of nitrogens with two attached hydrogens (primary N) is 1. The van der Waals surface area contributed by atoms with Gasteiger partial charge in [-0.05, 0) is 6.92 Å². The van der Waals surface area contributed by atoms with Gasteiger partial charge in [-0.15, -0.1) is 0 Å². The minimum absolute atomic E-state index is 0.498. The Morgan fingerprint density at radius 3 is 3.15 bits per heavy atom. The van der Waals surface area contributed by atoms with Crippen molar-refractivity contribution in [3.8, 4) is 5.88 Å². The fraction of sp³-hybridized carbons (Fsp3) is 0.250. The van der Waals surface area contributed by atoms with E-state index in [2.05, 4.69) is 15.4 Å². The highest BCUT2D eigenvalue weighted by Gasteiger charge is 1.95. The van der Waals surface area contributed by atoms with Gasteiger partial charge in [0.1, 0.15) is 18.8 Å². The molecule has 0 bridgehead atoms. The van der Waals surface area contributed by atoms with Gasteiger partial charge in [0.25, 0.3) is 0 Å². The highest BCUT2D eigenvalue weighted by Crippen LogP contribution is 2.09. The summed E-state index contributed by atoms with van der Waals surface area (Å²) < 4.78 is 5.26. The maximum atomic E-state index is 5.26. The van der Waals surface area contributed by atoms with E-state index < -0.39 is 0 Å². The number of hydrazine groups is 1. The first-order valence-corrected chi connectivity index (χ1v) is 3.89. The van der Waals surface area contributed by atoms with Crippen molar-refractivity contribution in [1.82, 2.24) is 9.97 Å². The third-order valence-corrected chi connectivity index (χ3v) is 1.35. The summed E-state index contributed by atoms with van der Waals surface area (Å²) in [6.45, 7) is 2.42. The van der Waals surface area contributed by atoms with Gasteiger partial charge >= 0.3 is 0 Å². The van der Waals surface area contributed by atoms with Gasteiger partial charge in [-0.3, -0.25) is 0 Å². The number of anilines is 1. The van der Waals surface area contributed by atoms with E-state index in [4.69, 9.17) is 10.6 Å². The number of hydrogen-bond acceptors (Lipinski definition) is 5. The molecule has 1 aromatic rings. The second kappa shape index (κ2) is 5.10. The lowest BCUT2D eigenvalue weighted by atomic mass is 10.5. The number of nitrogens with zero attached hydrogens (tertiary/aromatic N) is 2. The highest BCUT2D eigenvalue weighted by molar-refractivity contribution is 5.35. The van der Waals surface area contributed by atoms with Crippen LogP contribution in [0.1, 0.15) is 6.92 Å². The van der Waals surface area contributed by atoms with Crippen molar-refractivity contribution in [2.24, 2.45) is 5.84 Å². The molecule has 0 radical (unpaired) electrons. The Hall–Kier alpha value is -1.62. The van der Waals surface area contributed by atoms with Crippen molar-refractivity contribution >= 4 is 5.82 Å². The van der Waals surface area contributed by atoms with Crippen LogP contribution in [0.2, 0.25) is 0 Å². The fourth-order valence-electron chi connectivity index (χ4n) is 0.727. The second-order valence-electron chi connectivity index (χ2n) is 2.27. The van der Waals surface area contributed by atoms with E-state index >= 15 is 0 Å². The largest absolute Gasteiger partial charge is 0.473 e. The van der Waals surface area contributed by atoms with Gasteiger partial charge in [0.2, 0.25) is 5.88 Å². The van der Waals surface area contributed by atoms with Crippen LogP contribution < -0.4 is 16.0 Å². The zero-order valence-corrected chi connectivity index (χ0v) is 7.40. The Kier molecular flexibility index (Phi) is 3.72. The van der Waals surface area contributed by atoms with Crippen molar-refractivity contribution in [3.05, 3.63) is 24.5 Å². The zero-order valence-electron chi connectivity index (χ0n) is 7.40. The van der Waals surface area contributed by atoms with Crippen LogP contribution in [0.5, 0.6) is 5.88 Å². The monoisotopic (exact) mass is 180 g/mol. The summed E-state index contributed by atoms with van der Waals surface area (Å²) in [5.74, 6) is 6.20. The van der Waals surface area contributed by atoms with Gasteiger partial charge in [0.15, 0.2) is 0 Å². The minimum atomic E-state index is 0.498. The molecule has 1 aromatic heterocycles. The number of rotatable bonds is 4. The Morgan fingerprint density at radius 1 is 1.62 bits per heavy atom. The molecule has 0 aliphatic carbocycles. The summed E-state index contributed by atoms with van der Waals surface area (Å²) in [5.41, 5.74) is 2.41. The Bertz CT molecular complexity index is 287. The molecule has 1 heterocycles. The second-order valence-corrected chi connectivity index (χ2v) is 2.27. The summed E-state index contributed by atoms with van der Waals surface area (Å²) in [6, 6.07) is 1.63. The average molecular weight is 180 g/mol. The van der Waals surface area contributed by atoms with Gasteiger partial charge in [-0.25, -0.2) is 15.8 Å². The number of nitrogens with one attached hydrogen (secondary N) is 1. The minimum Gasteiger partial charge on any atom is -0.473 e. The van der Waals surface area contributed by atoms with Crippen LogP contribution in [0.3, 0.4) is 0 Å². The first-order chi connectivity index (χ1) is 6.36. The SMILES string of the molecule is C/C=C/COc1cc(NN)ncn1. The smallest absolute Gasteiger partial charge is 0.218 e. The first-order valence-electron chi connectivity index (χ1n) is 3.89. The van der Waals surface area contributed by atoms with Crippen LogP contribution in [0, 0.1) is 0 Å².